The van der Waals surface area contributed by atoms with Crippen molar-refractivity contribution >= 4 is 39.5 Å². The monoisotopic (exact) mass is 431 g/mol. The van der Waals surface area contributed by atoms with Gasteiger partial charge in [0.1, 0.15) is 11.0 Å². The summed E-state index contributed by atoms with van der Waals surface area (Å²) in [4.78, 5) is 26.5. The number of aromatic amines is 1. The number of fused-ring (bicyclic) bond motifs is 1. The maximum absolute atomic E-state index is 12.1. The molecule has 18 heavy (non-hydrogen) atoms. The van der Waals surface area contributed by atoms with Gasteiger partial charge in [0.2, 0.25) is 0 Å². The summed E-state index contributed by atoms with van der Waals surface area (Å²) in [6.45, 7) is 1.94. The second-order valence-corrected chi connectivity index (χ2v) is 4.60. The van der Waals surface area contributed by atoms with E-state index in [4.69, 9.17) is 4.74 Å². The van der Waals surface area contributed by atoms with E-state index in [1.54, 1.807) is 19.1 Å². The summed E-state index contributed by atoms with van der Waals surface area (Å²) < 4.78 is 5.71. The van der Waals surface area contributed by atoms with E-state index in [0.717, 1.165) is 3.57 Å². The van der Waals surface area contributed by atoms with Crippen molar-refractivity contribution in [2.45, 2.75) is 6.92 Å². The average Bonchev–Trinajstić information content (AvgIpc) is 2.30. The number of H-pyrrole nitrogens is 1. The molecule has 91 valence electrons. The summed E-state index contributed by atoms with van der Waals surface area (Å²) >= 11 is 2.09. The van der Waals surface area contributed by atoms with Gasteiger partial charge in [-0.25, -0.2) is 4.79 Å². The molecule has 2 rings (SSSR count). The SMILES string of the molecule is CCOC(=O)c1c[nH]c2[c-]cc(I)cc2c1=O.[Y]. The molecule has 0 unspecified atom stereocenters. The smallest absolute Gasteiger partial charge is 0.342 e. The Morgan fingerprint density at radius 3 is 2.94 bits per heavy atom. The topological polar surface area (TPSA) is 59.2 Å². The Morgan fingerprint density at radius 2 is 2.28 bits per heavy atom. The van der Waals surface area contributed by atoms with Crippen LogP contribution < -0.4 is 5.43 Å². The number of nitrogens with one attached hydrogen (secondary N) is 1. The number of esters is 1. The minimum absolute atomic E-state index is 0. The molecule has 0 aliphatic heterocycles. The van der Waals surface area contributed by atoms with Crippen LogP contribution in [0, 0.1) is 9.64 Å². The van der Waals surface area contributed by atoms with Crippen LogP contribution in [0.4, 0.5) is 0 Å². The summed E-state index contributed by atoms with van der Waals surface area (Å²) in [5.41, 5.74) is 0.283. The predicted molar refractivity (Wildman–Crippen MR) is 72.1 cm³/mol. The van der Waals surface area contributed by atoms with Crippen LogP contribution in [-0.2, 0) is 37.4 Å². The zero-order valence-corrected chi connectivity index (χ0v) is 14.6. The third-order valence-corrected chi connectivity index (χ3v) is 2.87. The molecule has 0 atom stereocenters. The van der Waals surface area contributed by atoms with Crippen molar-refractivity contribution in [3.05, 3.63) is 43.8 Å². The third-order valence-electron chi connectivity index (χ3n) is 2.25. The molecule has 0 saturated carbocycles. The first-order valence-corrected chi connectivity index (χ1v) is 6.11. The second-order valence-electron chi connectivity index (χ2n) is 3.36. The Bertz CT molecular complexity index is 639. The fourth-order valence-electron chi connectivity index (χ4n) is 1.48. The molecule has 1 N–H and O–H groups in total. The number of pyridine rings is 1. The normalized spacial score (nSPS) is 9.89. The Morgan fingerprint density at radius 1 is 1.56 bits per heavy atom. The molecule has 1 aromatic carbocycles. The number of hydrogen-bond donors (Lipinski definition) is 1. The van der Waals surface area contributed by atoms with E-state index in [0.29, 0.717) is 10.9 Å². The molecule has 1 heterocycles. The molecule has 0 spiro atoms. The van der Waals surface area contributed by atoms with Crippen LogP contribution in [0.15, 0.2) is 23.1 Å². The first-order valence-electron chi connectivity index (χ1n) is 5.03. The van der Waals surface area contributed by atoms with Gasteiger partial charge in [-0.15, -0.1) is 28.7 Å². The quantitative estimate of drug-likeness (QED) is 0.451. The van der Waals surface area contributed by atoms with Gasteiger partial charge >= 0.3 is 5.97 Å². The molecule has 0 aliphatic rings. The predicted octanol–water partition coefficient (Wildman–Crippen LogP) is 2.11. The largest absolute Gasteiger partial charge is 0.462 e. The zero-order chi connectivity index (χ0) is 12.4. The number of aromatic nitrogens is 1. The Kier molecular flexibility index (Phi) is 5.94. The van der Waals surface area contributed by atoms with Crippen LogP contribution in [0.3, 0.4) is 0 Å². The fraction of sp³-hybridized carbons (Fsp3) is 0.167. The van der Waals surface area contributed by atoms with Crippen molar-refractivity contribution in [1.82, 2.24) is 4.98 Å². The van der Waals surface area contributed by atoms with E-state index in [9.17, 15) is 9.59 Å². The van der Waals surface area contributed by atoms with E-state index in [1.807, 2.05) is 0 Å². The number of carbonyl (C=O) groups excluding carboxylic acids is 1. The number of halogens is 1. The van der Waals surface area contributed by atoms with Crippen LogP contribution in [0.1, 0.15) is 17.3 Å². The minimum Gasteiger partial charge on any atom is -0.462 e. The number of carbonyl (C=O) groups is 1. The van der Waals surface area contributed by atoms with Crippen LogP contribution in [0.5, 0.6) is 0 Å². The van der Waals surface area contributed by atoms with Crippen LogP contribution in [-0.4, -0.2) is 17.6 Å². The van der Waals surface area contributed by atoms with E-state index < -0.39 is 5.97 Å². The van der Waals surface area contributed by atoms with Gasteiger partial charge in [0.25, 0.3) is 0 Å². The van der Waals surface area contributed by atoms with Gasteiger partial charge in [-0.3, -0.25) is 0 Å². The standard InChI is InChI=1S/C12H9INO3.Y/c1-2-17-12(16)9-6-14-10-4-3-7(13)5-8(10)11(9)15;/h3,5-6H,2H2,1H3,(H,14,15);/q-1;. The van der Waals surface area contributed by atoms with Crippen LogP contribution >= 0.6 is 22.6 Å². The van der Waals surface area contributed by atoms with Crippen LogP contribution in [0.25, 0.3) is 10.9 Å². The summed E-state index contributed by atoms with van der Waals surface area (Å²) in [6.07, 6.45) is 1.37. The molecular weight excluding hydrogens is 422 g/mol. The van der Waals surface area contributed by atoms with Crippen molar-refractivity contribution < 1.29 is 42.2 Å². The third kappa shape index (κ3) is 3.19. The van der Waals surface area contributed by atoms with Gasteiger partial charge in [-0.2, -0.15) is 12.1 Å². The summed E-state index contributed by atoms with van der Waals surface area (Å²) in [7, 11) is 0. The van der Waals surface area contributed by atoms with Crippen molar-refractivity contribution in [3.8, 4) is 0 Å². The van der Waals surface area contributed by atoms with E-state index in [2.05, 4.69) is 33.6 Å². The number of rotatable bonds is 2. The zero-order valence-electron chi connectivity index (χ0n) is 9.62. The first-order chi connectivity index (χ1) is 8.13. The van der Waals surface area contributed by atoms with Crippen molar-refractivity contribution in [3.63, 3.8) is 0 Å². The van der Waals surface area contributed by atoms with E-state index in [1.165, 1.54) is 6.20 Å². The molecule has 6 heteroatoms. The Labute approximate surface area is 143 Å². The molecule has 4 nitrogen and oxygen atoms in total. The van der Waals surface area contributed by atoms with Gasteiger partial charge in [0.05, 0.1) is 6.61 Å². The summed E-state index contributed by atoms with van der Waals surface area (Å²) in [6, 6.07) is 6.43. The molecule has 0 fully saturated rings. The van der Waals surface area contributed by atoms with Gasteiger partial charge < -0.3 is 14.5 Å². The van der Waals surface area contributed by atoms with E-state index >= 15 is 0 Å². The maximum Gasteiger partial charge on any atom is 0.342 e. The Hall–Kier alpha value is -0.266. The van der Waals surface area contributed by atoms with Gasteiger partial charge in [-0.1, -0.05) is 14.5 Å². The maximum atomic E-state index is 12.1. The van der Waals surface area contributed by atoms with Crippen molar-refractivity contribution in [2.75, 3.05) is 6.61 Å². The molecule has 1 radical (unpaired) electrons. The van der Waals surface area contributed by atoms with Gasteiger partial charge in [-0.05, 0) is 6.92 Å². The molecule has 2 aromatic rings. The Balaban J connectivity index is 0.00000162. The molecule has 0 bridgehead atoms. The summed E-state index contributed by atoms with van der Waals surface area (Å²) in [5, 5.41) is 0.447. The van der Waals surface area contributed by atoms with Gasteiger partial charge in [0, 0.05) is 38.9 Å². The van der Waals surface area contributed by atoms with Crippen molar-refractivity contribution in [1.29, 1.82) is 0 Å². The van der Waals surface area contributed by atoms with Gasteiger partial charge in [0.15, 0.2) is 0 Å². The number of ether oxygens (including phenoxy) is 1. The molecule has 0 amide bonds. The molecule has 0 saturated heterocycles. The average molecular weight is 431 g/mol. The molecular formula is C12H9INO3Y-. The number of hydrogen-bond acceptors (Lipinski definition) is 3. The number of benzene rings is 1. The van der Waals surface area contributed by atoms with E-state index in [-0.39, 0.29) is 50.3 Å². The second kappa shape index (κ2) is 6.77. The van der Waals surface area contributed by atoms with Crippen molar-refractivity contribution in [2.24, 2.45) is 0 Å². The minimum atomic E-state index is -0.602. The molecule has 0 aliphatic carbocycles. The fourth-order valence-corrected chi connectivity index (χ4v) is 1.95. The molecule has 1 aromatic heterocycles. The first kappa shape index (κ1) is 15.8. The van der Waals surface area contributed by atoms with Crippen LogP contribution in [0.2, 0.25) is 0 Å². The summed E-state index contributed by atoms with van der Waals surface area (Å²) in [5.74, 6) is -0.602.